The highest BCUT2D eigenvalue weighted by molar-refractivity contribution is 6.11. The minimum Gasteiger partial charge on any atom is -0.497 e. The minimum absolute atomic E-state index is 0.209. The average Bonchev–Trinajstić information content (AvgIpc) is 3.07. The number of fused-ring (bicyclic) bond motifs is 1. The summed E-state index contributed by atoms with van der Waals surface area (Å²) < 4.78 is 21.5. The van der Waals surface area contributed by atoms with E-state index in [0.29, 0.717) is 23.7 Å². The zero-order valence-electron chi connectivity index (χ0n) is 14.9. The topological polar surface area (TPSA) is 66.3 Å². The fraction of sp³-hybridized carbons (Fsp3) is 0.143. The molecule has 27 heavy (non-hydrogen) atoms. The van der Waals surface area contributed by atoms with Gasteiger partial charge in [-0.2, -0.15) is 0 Å². The summed E-state index contributed by atoms with van der Waals surface area (Å²) in [7, 11) is 3.11. The molecule has 0 amide bonds. The number of ether oxygens (including phenoxy) is 4. The van der Waals surface area contributed by atoms with Gasteiger partial charge in [0.15, 0.2) is 5.70 Å². The van der Waals surface area contributed by atoms with Gasteiger partial charge in [0.1, 0.15) is 23.9 Å². The predicted octanol–water partition coefficient (Wildman–Crippen LogP) is 3.37. The van der Waals surface area contributed by atoms with E-state index in [-0.39, 0.29) is 11.6 Å². The van der Waals surface area contributed by atoms with Gasteiger partial charge in [0.05, 0.1) is 14.2 Å². The number of rotatable bonds is 4. The minimum atomic E-state index is -0.508. The van der Waals surface area contributed by atoms with Crippen LogP contribution in [0.15, 0.2) is 64.8 Å². The highest BCUT2D eigenvalue weighted by Crippen LogP contribution is 2.29. The maximum absolute atomic E-state index is 12.3. The molecule has 2 heterocycles. The fourth-order valence-corrected chi connectivity index (χ4v) is 2.86. The lowest BCUT2D eigenvalue weighted by Crippen LogP contribution is -2.08. The number of methoxy groups -OCH3 is 2. The third kappa shape index (κ3) is 3.42. The molecule has 0 aliphatic carbocycles. The van der Waals surface area contributed by atoms with E-state index in [1.807, 2.05) is 30.3 Å². The maximum Gasteiger partial charge on any atom is 0.363 e. The summed E-state index contributed by atoms with van der Waals surface area (Å²) in [5.41, 5.74) is 2.63. The molecule has 0 aromatic heterocycles. The molecule has 0 bridgehead atoms. The molecular weight excluding hydrogens is 346 g/mol. The number of hydrogen-bond acceptors (Lipinski definition) is 6. The van der Waals surface area contributed by atoms with Gasteiger partial charge in [-0.05, 0) is 35.9 Å². The average molecular weight is 363 g/mol. The second kappa shape index (κ2) is 6.99. The van der Waals surface area contributed by atoms with Gasteiger partial charge in [-0.25, -0.2) is 9.79 Å². The molecular formula is C21H17NO5. The Kier molecular flexibility index (Phi) is 4.38. The maximum atomic E-state index is 12.3. The van der Waals surface area contributed by atoms with Gasteiger partial charge in [0, 0.05) is 17.2 Å². The van der Waals surface area contributed by atoms with Gasteiger partial charge in [0.2, 0.25) is 5.90 Å². The molecule has 0 fully saturated rings. The Balaban J connectivity index is 1.66. The Bertz CT molecular complexity index is 981. The molecule has 0 N–H and O–H groups in total. The van der Waals surface area contributed by atoms with E-state index < -0.39 is 5.97 Å². The molecule has 6 nitrogen and oxygen atoms in total. The number of esters is 1. The van der Waals surface area contributed by atoms with Crippen molar-refractivity contribution in [2.45, 2.75) is 0 Å². The standard InChI is InChI=1S/C21H17NO5/c1-24-16-9-15(10-17(11-16)25-2)20-22-18(21(23)27-20)8-13-7-14-5-3-4-6-19(14)26-12-13/h3-11H,12H2,1-2H3. The first-order chi connectivity index (χ1) is 13.2. The molecule has 136 valence electrons. The zero-order valence-corrected chi connectivity index (χ0v) is 14.9. The summed E-state index contributed by atoms with van der Waals surface area (Å²) in [5.74, 6) is 1.69. The first-order valence-corrected chi connectivity index (χ1v) is 8.34. The van der Waals surface area contributed by atoms with E-state index in [1.54, 1.807) is 38.5 Å². The van der Waals surface area contributed by atoms with Crippen LogP contribution in [0, 0.1) is 0 Å². The molecule has 0 radical (unpaired) electrons. The van der Waals surface area contributed by atoms with Crippen molar-refractivity contribution in [3.05, 3.63) is 70.9 Å². The van der Waals surface area contributed by atoms with E-state index in [4.69, 9.17) is 18.9 Å². The van der Waals surface area contributed by atoms with E-state index in [2.05, 4.69) is 4.99 Å². The number of benzene rings is 2. The molecule has 2 aliphatic rings. The fourth-order valence-electron chi connectivity index (χ4n) is 2.86. The lowest BCUT2D eigenvalue weighted by molar-refractivity contribution is -0.130. The van der Waals surface area contributed by atoms with Crippen molar-refractivity contribution in [2.24, 2.45) is 4.99 Å². The summed E-state index contributed by atoms with van der Waals surface area (Å²) >= 11 is 0. The highest BCUT2D eigenvalue weighted by atomic mass is 16.6. The number of cyclic esters (lactones) is 1. The molecule has 0 saturated carbocycles. The van der Waals surface area contributed by atoms with Crippen LogP contribution in [0.25, 0.3) is 6.08 Å². The number of carbonyl (C=O) groups is 1. The van der Waals surface area contributed by atoms with Crippen LogP contribution < -0.4 is 14.2 Å². The van der Waals surface area contributed by atoms with Crippen molar-refractivity contribution in [3.8, 4) is 17.2 Å². The van der Waals surface area contributed by atoms with Crippen molar-refractivity contribution in [1.82, 2.24) is 0 Å². The summed E-state index contributed by atoms with van der Waals surface area (Å²) in [6.45, 7) is 0.367. The monoisotopic (exact) mass is 363 g/mol. The van der Waals surface area contributed by atoms with Crippen LogP contribution in [0.5, 0.6) is 17.2 Å². The second-order valence-corrected chi connectivity index (χ2v) is 5.98. The number of para-hydroxylation sites is 1. The zero-order chi connectivity index (χ0) is 18.8. The Hall–Kier alpha value is -3.54. The van der Waals surface area contributed by atoms with Gasteiger partial charge in [-0.3, -0.25) is 0 Å². The van der Waals surface area contributed by atoms with Gasteiger partial charge in [0.25, 0.3) is 0 Å². The normalized spacial score (nSPS) is 16.8. The van der Waals surface area contributed by atoms with Gasteiger partial charge < -0.3 is 18.9 Å². The molecule has 4 rings (SSSR count). The van der Waals surface area contributed by atoms with E-state index in [1.165, 1.54) is 0 Å². The van der Waals surface area contributed by atoms with Crippen molar-refractivity contribution < 1.29 is 23.7 Å². The SMILES string of the molecule is COc1cc(OC)cc(C2=NC(=CC3=Cc4ccccc4OC3)C(=O)O2)c1. The molecule has 6 heteroatoms. The van der Waals surface area contributed by atoms with Crippen LogP contribution in [-0.2, 0) is 9.53 Å². The molecule has 0 unspecified atom stereocenters. The van der Waals surface area contributed by atoms with E-state index in [9.17, 15) is 4.79 Å². The summed E-state index contributed by atoms with van der Waals surface area (Å²) in [6, 6.07) is 12.9. The van der Waals surface area contributed by atoms with Crippen LogP contribution in [0.2, 0.25) is 0 Å². The largest absolute Gasteiger partial charge is 0.497 e. The second-order valence-electron chi connectivity index (χ2n) is 5.98. The van der Waals surface area contributed by atoms with Gasteiger partial charge >= 0.3 is 5.97 Å². The Morgan fingerprint density at radius 1 is 1.07 bits per heavy atom. The van der Waals surface area contributed by atoms with Crippen LogP contribution in [0.3, 0.4) is 0 Å². The third-order valence-electron chi connectivity index (χ3n) is 4.20. The van der Waals surface area contributed by atoms with E-state index in [0.717, 1.165) is 16.9 Å². The van der Waals surface area contributed by atoms with Crippen molar-refractivity contribution >= 4 is 17.9 Å². The summed E-state index contributed by atoms with van der Waals surface area (Å²) in [6.07, 6.45) is 3.66. The first-order valence-electron chi connectivity index (χ1n) is 8.34. The molecule has 2 aliphatic heterocycles. The van der Waals surface area contributed by atoms with Crippen LogP contribution in [-0.4, -0.2) is 32.7 Å². The van der Waals surface area contributed by atoms with Crippen molar-refractivity contribution in [3.63, 3.8) is 0 Å². The molecule has 0 saturated heterocycles. The predicted molar refractivity (Wildman–Crippen MR) is 100 cm³/mol. The first kappa shape index (κ1) is 16.9. The Labute approximate surface area is 156 Å². The van der Waals surface area contributed by atoms with Crippen LogP contribution in [0.1, 0.15) is 11.1 Å². The van der Waals surface area contributed by atoms with Gasteiger partial charge in [-0.1, -0.05) is 18.2 Å². The van der Waals surface area contributed by atoms with Crippen LogP contribution in [0.4, 0.5) is 0 Å². The Morgan fingerprint density at radius 3 is 2.56 bits per heavy atom. The lowest BCUT2D eigenvalue weighted by atomic mass is 10.1. The summed E-state index contributed by atoms with van der Waals surface area (Å²) in [4.78, 5) is 16.6. The number of nitrogens with zero attached hydrogens (tertiary/aromatic N) is 1. The van der Waals surface area contributed by atoms with E-state index >= 15 is 0 Å². The van der Waals surface area contributed by atoms with Gasteiger partial charge in [-0.15, -0.1) is 0 Å². The number of aliphatic imine (C=N–C) groups is 1. The molecule has 2 aromatic carbocycles. The number of carbonyl (C=O) groups excluding carboxylic acids is 1. The quantitative estimate of drug-likeness (QED) is 0.615. The summed E-state index contributed by atoms with van der Waals surface area (Å²) in [5, 5.41) is 0. The Morgan fingerprint density at radius 2 is 1.81 bits per heavy atom. The highest BCUT2D eigenvalue weighted by Gasteiger charge is 2.25. The van der Waals surface area contributed by atoms with Crippen molar-refractivity contribution in [1.29, 1.82) is 0 Å². The smallest absolute Gasteiger partial charge is 0.363 e. The van der Waals surface area contributed by atoms with Crippen molar-refractivity contribution in [2.75, 3.05) is 20.8 Å². The number of hydrogen-bond donors (Lipinski definition) is 0. The molecule has 2 aromatic rings. The lowest BCUT2D eigenvalue weighted by Gasteiger charge is -2.15. The molecule has 0 atom stereocenters. The third-order valence-corrected chi connectivity index (χ3v) is 4.20. The van der Waals surface area contributed by atoms with Crippen LogP contribution >= 0.6 is 0 Å². The molecule has 0 spiro atoms.